The molecule has 0 bridgehead atoms. The van der Waals surface area contributed by atoms with Crippen LogP contribution in [0.4, 0.5) is 4.79 Å². The third-order valence-corrected chi connectivity index (χ3v) is 5.81. The molecule has 6 heteroatoms. The predicted molar refractivity (Wildman–Crippen MR) is 119 cm³/mol. The Labute approximate surface area is 183 Å². The smallest absolute Gasteiger partial charge is 0.410 e. The molecule has 1 saturated heterocycles. The van der Waals surface area contributed by atoms with Crippen molar-refractivity contribution in [3.8, 4) is 16.9 Å². The number of benzene rings is 2. The van der Waals surface area contributed by atoms with Crippen LogP contribution in [0.2, 0.25) is 5.02 Å². The molecule has 2 aromatic carbocycles. The molecule has 0 aliphatic carbocycles. The van der Waals surface area contributed by atoms with Crippen molar-refractivity contribution in [1.82, 2.24) is 9.80 Å². The molecule has 5 nitrogen and oxygen atoms in total. The lowest BCUT2D eigenvalue weighted by molar-refractivity contribution is 0.0119. The maximum absolute atomic E-state index is 12.3. The number of carbonyl (C=O) groups excluding carboxylic acids is 1. The summed E-state index contributed by atoms with van der Waals surface area (Å²) in [5, 5.41) is 0.733. The van der Waals surface area contributed by atoms with Gasteiger partial charge in [-0.1, -0.05) is 48.0 Å². The van der Waals surface area contributed by atoms with Gasteiger partial charge in [0.1, 0.15) is 17.5 Å². The Kier molecular flexibility index (Phi) is 5.94. The Bertz CT molecular complexity index is 917. The lowest BCUT2D eigenvalue weighted by atomic mass is 10.0. The van der Waals surface area contributed by atoms with Gasteiger partial charge in [-0.05, 0) is 32.4 Å². The van der Waals surface area contributed by atoms with Crippen molar-refractivity contribution in [3.05, 3.63) is 53.1 Å². The summed E-state index contributed by atoms with van der Waals surface area (Å²) in [6.07, 6.45) is 0.771. The molecule has 2 aromatic rings. The number of halogens is 1. The van der Waals surface area contributed by atoms with E-state index in [0.717, 1.165) is 48.0 Å². The normalized spacial score (nSPS) is 19.3. The van der Waals surface area contributed by atoms with E-state index in [2.05, 4.69) is 23.1 Å². The summed E-state index contributed by atoms with van der Waals surface area (Å²) in [5.41, 5.74) is 2.82. The maximum Gasteiger partial charge on any atom is 0.410 e. The molecule has 0 spiro atoms. The van der Waals surface area contributed by atoms with Crippen LogP contribution in [-0.4, -0.2) is 60.3 Å². The third kappa shape index (κ3) is 4.73. The van der Waals surface area contributed by atoms with Crippen molar-refractivity contribution in [2.45, 2.75) is 38.9 Å². The zero-order valence-electron chi connectivity index (χ0n) is 17.9. The SMILES string of the molecule is CC(C)(C)OC(=O)N1CCN(CC2Cc3cccc(-c4ccccc4Cl)c3O2)CC1. The predicted octanol–water partition coefficient (Wildman–Crippen LogP) is 4.86. The van der Waals surface area contributed by atoms with Crippen molar-refractivity contribution in [1.29, 1.82) is 0 Å². The van der Waals surface area contributed by atoms with Gasteiger partial charge in [-0.15, -0.1) is 0 Å². The number of amides is 1. The van der Waals surface area contributed by atoms with E-state index in [9.17, 15) is 4.79 Å². The van der Waals surface area contributed by atoms with E-state index in [4.69, 9.17) is 21.1 Å². The minimum Gasteiger partial charge on any atom is -0.488 e. The fraction of sp³-hybridized carbons (Fsp3) is 0.458. The third-order valence-electron chi connectivity index (χ3n) is 5.48. The molecule has 30 heavy (non-hydrogen) atoms. The Morgan fingerprint density at radius 1 is 1.07 bits per heavy atom. The molecule has 0 N–H and O–H groups in total. The molecule has 160 valence electrons. The van der Waals surface area contributed by atoms with Gasteiger partial charge in [0.15, 0.2) is 0 Å². The standard InChI is InChI=1S/C24H29ClN2O3/c1-24(2,3)30-23(28)27-13-11-26(12-14-27)16-18-15-17-7-6-9-20(22(17)29-18)19-8-4-5-10-21(19)25/h4-10,18H,11-16H2,1-3H3. The highest BCUT2D eigenvalue weighted by Crippen LogP contribution is 2.41. The molecule has 0 saturated carbocycles. The van der Waals surface area contributed by atoms with E-state index in [0.29, 0.717) is 13.1 Å². The molecule has 0 aromatic heterocycles. The van der Waals surface area contributed by atoms with E-state index >= 15 is 0 Å². The molecule has 1 amide bonds. The Balaban J connectivity index is 1.36. The van der Waals surface area contributed by atoms with Crippen LogP contribution in [0.3, 0.4) is 0 Å². The van der Waals surface area contributed by atoms with Crippen molar-refractivity contribution >= 4 is 17.7 Å². The monoisotopic (exact) mass is 428 g/mol. The van der Waals surface area contributed by atoms with Crippen LogP contribution >= 0.6 is 11.6 Å². The minimum absolute atomic E-state index is 0.108. The minimum atomic E-state index is -0.461. The Morgan fingerprint density at radius 3 is 2.47 bits per heavy atom. The molecule has 0 radical (unpaired) electrons. The van der Waals surface area contributed by atoms with Crippen molar-refractivity contribution in [3.63, 3.8) is 0 Å². The number of nitrogens with zero attached hydrogens (tertiary/aromatic N) is 2. The van der Waals surface area contributed by atoms with Gasteiger partial charge >= 0.3 is 6.09 Å². The second kappa shape index (κ2) is 8.48. The second-order valence-electron chi connectivity index (χ2n) is 8.99. The number of hydrogen-bond donors (Lipinski definition) is 0. The first-order valence-corrected chi connectivity index (χ1v) is 10.9. The van der Waals surface area contributed by atoms with Crippen molar-refractivity contribution in [2.24, 2.45) is 0 Å². The summed E-state index contributed by atoms with van der Waals surface area (Å²) in [7, 11) is 0. The fourth-order valence-electron chi connectivity index (χ4n) is 4.06. The highest BCUT2D eigenvalue weighted by molar-refractivity contribution is 6.33. The van der Waals surface area contributed by atoms with Crippen LogP contribution in [0.15, 0.2) is 42.5 Å². The number of piperazine rings is 1. The highest BCUT2D eigenvalue weighted by atomic mass is 35.5. The summed E-state index contributed by atoms with van der Waals surface area (Å²) >= 11 is 6.43. The molecule has 2 aliphatic rings. The lowest BCUT2D eigenvalue weighted by Crippen LogP contribution is -2.51. The number of para-hydroxylation sites is 1. The molecule has 1 atom stereocenters. The van der Waals surface area contributed by atoms with Gasteiger partial charge in [-0.3, -0.25) is 4.90 Å². The molecule has 4 rings (SSSR count). The quantitative estimate of drug-likeness (QED) is 0.699. The zero-order valence-corrected chi connectivity index (χ0v) is 18.6. The van der Waals surface area contributed by atoms with E-state index in [1.807, 2.05) is 45.0 Å². The first-order chi connectivity index (χ1) is 14.3. The summed E-state index contributed by atoms with van der Waals surface area (Å²) in [6, 6.07) is 14.2. The number of ether oxygens (including phenoxy) is 2. The number of rotatable bonds is 3. The van der Waals surface area contributed by atoms with Crippen LogP contribution in [0.25, 0.3) is 11.1 Å². The summed E-state index contributed by atoms with van der Waals surface area (Å²) in [4.78, 5) is 16.4. The average molecular weight is 429 g/mol. The van der Waals surface area contributed by atoms with Gasteiger partial charge in [0.25, 0.3) is 0 Å². The molecule has 2 aliphatic heterocycles. The van der Waals surface area contributed by atoms with Gasteiger partial charge in [0, 0.05) is 55.3 Å². The van der Waals surface area contributed by atoms with Crippen LogP contribution < -0.4 is 4.74 Å². The van der Waals surface area contributed by atoms with Crippen LogP contribution in [-0.2, 0) is 11.2 Å². The zero-order chi connectivity index (χ0) is 21.3. The van der Waals surface area contributed by atoms with Crippen molar-refractivity contribution < 1.29 is 14.3 Å². The summed E-state index contributed by atoms with van der Waals surface area (Å²) < 4.78 is 11.9. The average Bonchev–Trinajstić information content (AvgIpc) is 3.10. The molecule has 2 heterocycles. The van der Waals surface area contributed by atoms with E-state index in [1.165, 1.54) is 5.56 Å². The van der Waals surface area contributed by atoms with Gasteiger partial charge in [-0.2, -0.15) is 0 Å². The molecule has 1 fully saturated rings. The first kappa shape index (κ1) is 21.0. The second-order valence-corrected chi connectivity index (χ2v) is 9.39. The van der Waals surface area contributed by atoms with E-state index in [1.54, 1.807) is 4.90 Å². The summed E-state index contributed by atoms with van der Waals surface area (Å²) in [6.45, 7) is 9.55. The van der Waals surface area contributed by atoms with Crippen LogP contribution in [0.1, 0.15) is 26.3 Å². The molecular weight excluding hydrogens is 400 g/mol. The Hall–Kier alpha value is -2.24. The number of hydrogen-bond acceptors (Lipinski definition) is 4. The lowest BCUT2D eigenvalue weighted by Gasteiger charge is -2.36. The number of fused-ring (bicyclic) bond motifs is 1. The van der Waals surface area contributed by atoms with E-state index in [-0.39, 0.29) is 12.2 Å². The molecule has 1 unspecified atom stereocenters. The van der Waals surface area contributed by atoms with Crippen LogP contribution in [0.5, 0.6) is 5.75 Å². The molecular formula is C24H29ClN2O3. The van der Waals surface area contributed by atoms with Gasteiger partial charge in [0.05, 0.1) is 0 Å². The van der Waals surface area contributed by atoms with E-state index < -0.39 is 5.60 Å². The van der Waals surface area contributed by atoms with Crippen molar-refractivity contribution in [2.75, 3.05) is 32.7 Å². The Morgan fingerprint density at radius 2 is 1.77 bits per heavy atom. The van der Waals surface area contributed by atoms with Gasteiger partial charge < -0.3 is 14.4 Å². The summed E-state index contributed by atoms with van der Waals surface area (Å²) in [5.74, 6) is 0.947. The maximum atomic E-state index is 12.3. The van der Waals surface area contributed by atoms with Gasteiger partial charge in [0.2, 0.25) is 0 Å². The number of carbonyl (C=O) groups is 1. The fourth-order valence-corrected chi connectivity index (χ4v) is 4.30. The first-order valence-electron chi connectivity index (χ1n) is 10.5. The van der Waals surface area contributed by atoms with Crippen LogP contribution in [0, 0.1) is 0 Å². The highest BCUT2D eigenvalue weighted by Gasteiger charge is 2.30. The topological polar surface area (TPSA) is 42.0 Å². The van der Waals surface area contributed by atoms with Gasteiger partial charge in [-0.25, -0.2) is 4.79 Å². The largest absolute Gasteiger partial charge is 0.488 e.